The van der Waals surface area contributed by atoms with E-state index in [1.165, 1.54) is 11.0 Å². The number of nitro groups is 1. The van der Waals surface area contributed by atoms with Crippen LogP contribution in [-0.4, -0.2) is 35.9 Å². The number of amides is 1. The first-order chi connectivity index (χ1) is 11.4. The van der Waals surface area contributed by atoms with Gasteiger partial charge >= 0.3 is 0 Å². The number of nitrogens with zero attached hydrogens (tertiary/aromatic N) is 2. The van der Waals surface area contributed by atoms with E-state index in [4.69, 9.17) is 16.3 Å². The van der Waals surface area contributed by atoms with E-state index in [1.807, 2.05) is 0 Å². The molecule has 0 N–H and O–H groups in total. The fraction of sp³-hybridized carbons (Fsp3) is 0.235. The Hall–Kier alpha value is -2.60. The fourth-order valence-corrected chi connectivity index (χ4v) is 2.22. The number of ether oxygens (including phenoxy) is 1. The minimum atomic E-state index is -0.490. The zero-order valence-electron chi connectivity index (χ0n) is 13.4. The van der Waals surface area contributed by atoms with Gasteiger partial charge in [0.2, 0.25) is 0 Å². The van der Waals surface area contributed by atoms with Gasteiger partial charge in [-0.25, -0.2) is 0 Å². The molecule has 0 atom stereocenters. The molecule has 0 spiro atoms. The highest BCUT2D eigenvalue weighted by Crippen LogP contribution is 2.20. The van der Waals surface area contributed by atoms with Crippen LogP contribution in [0.4, 0.5) is 5.69 Å². The Morgan fingerprint density at radius 3 is 2.54 bits per heavy atom. The lowest BCUT2D eigenvalue weighted by molar-refractivity contribution is -0.385. The number of hydrogen-bond acceptors (Lipinski definition) is 4. The fourth-order valence-electron chi connectivity index (χ4n) is 2.09. The third-order valence-corrected chi connectivity index (χ3v) is 3.76. The summed E-state index contributed by atoms with van der Waals surface area (Å²) in [4.78, 5) is 24.3. The summed E-state index contributed by atoms with van der Waals surface area (Å²) in [5, 5.41) is 11.6. The van der Waals surface area contributed by atoms with E-state index < -0.39 is 4.92 Å². The number of halogens is 1. The molecule has 24 heavy (non-hydrogen) atoms. The lowest BCUT2D eigenvalue weighted by Crippen LogP contribution is -2.30. The SMILES string of the molecule is Cc1ccc(C(=O)N(C)CCOc2ccc(Cl)cc2)cc1[N+](=O)[O-]. The number of hydrogen-bond donors (Lipinski definition) is 0. The maximum atomic E-state index is 12.3. The second kappa shape index (κ2) is 7.79. The summed E-state index contributed by atoms with van der Waals surface area (Å²) in [5.74, 6) is 0.365. The van der Waals surface area contributed by atoms with Crippen molar-refractivity contribution >= 4 is 23.2 Å². The molecule has 2 rings (SSSR count). The smallest absolute Gasteiger partial charge is 0.273 e. The highest BCUT2D eigenvalue weighted by Gasteiger charge is 2.17. The summed E-state index contributed by atoms with van der Waals surface area (Å²) < 4.78 is 5.54. The Bertz CT molecular complexity index is 747. The monoisotopic (exact) mass is 348 g/mol. The third kappa shape index (κ3) is 4.45. The number of likely N-dealkylation sites (N-methyl/N-ethyl adjacent to an activating group) is 1. The normalized spacial score (nSPS) is 10.3. The van der Waals surface area contributed by atoms with Gasteiger partial charge < -0.3 is 9.64 Å². The van der Waals surface area contributed by atoms with E-state index in [0.717, 1.165) is 0 Å². The van der Waals surface area contributed by atoms with E-state index in [0.29, 0.717) is 29.5 Å². The molecule has 0 heterocycles. The Labute approximate surface area is 144 Å². The first-order valence-electron chi connectivity index (χ1n) is 7.27. The van der Waals surface area contributed by atoms with Crippen molar-refractivity contribution in [1.29, 1.82) is 0 Å². The van der Waals surface area contributed by atoms with Crippen molar-refractivity contribution in [2.75, 3.05) is 20.2 Å². The van der Waals surface area contributed by atoms with Gasteiger partial charge in [0.1, 0.15) is 12.4 Å². The van der Waals surface area contributed by atoms with E-state index in [1.54, 1.807) is 50.4 Å². The van der Waals surface area contributed by atoms with Gasteiger partial charge in [0.05, 0.1) is 11.5 Å². The molecule has 6 nitrogen and oxygen atoms in total. The standard InChI is InChI=1S/C17H17ClN2O4/c1-12-3-4-13(11-16(12)20(22)23)17(21)19(2)9-10-24-15-7-5-14(18)6-8-15/h3-8,11H,9-10H2,1-2H3. The molecule has 0 aliphatic carbocycles. The predicted molar refractivity (Wildman–Crippen MR) is 91.7 cm³/mol. The topological polar surface area (TPSA) is 72.7 Å². The van der Waals surface area contributed by atoms with Crippen LogP contribution in [0.15, 0.2) is 42.5 Å². The van der Waals surface area contributed by atoms with E-state index >= 15 is 0 Å². The Balaban J connectivity index is 1.95. The second-order valence-corrected chi connectivity index (χ2v) is 5.72. The predicted octanol–water partition coefficient (Wildman–Crippen LogP) is 3.71. The van der Waals surface area contributed by atoms with Crippen LogP contribution in [0.1, 0.15) is 15.9 Å². The van der Waals surface area contributed by atoms with Gasteiger partial charge in [0, 0.05) is 29.3 Å². The van der Waals surface area contributed by atoms with E-state index in [-0.39, 0.29) is 17.2 Å². The molecule has 0 unspecified atom stereocenters. The number of benzene rings is 2. The number of nitro benzene ring substituents is 1. The van der Waals surface area contributed by atoms with Crippen molar-refractivity contribution < 1.29 is 14.5 Å². The minimum Gasteiger partial charge on any atom is -0.492 e. The Kier molecular flexibility index (Phi) is 5.76. The Morgan fingerprint density at radius 2 is 1.92 bits per heavy atom. The van der Waals surface area contributed by atoms with Crippen molar-refractivity contribution in [3.63, 3.8) is 0 Å². The molecule has 0 radical (unpaired) electrons. The van der Waals surface area contributed by atoms with Crippen LogP contribution in [0.3, 0.4) is 0 Å². The molecule has 0 fully saturated rings. The number of carbonyl (C=O) groups is 1. The summed E-state index contributed by atoms with van der Waals surface area (Å²) in [6.45, 7) is 2.29. The second-order valence-electron chi connectivity index (χ2n) is 5.29. The molecular formula is C17H17ClN2O4. The van der Waals surface area contributed by atoms with Crippen LogP contribution in [0, 0.1) is 17.0 Å². The largest absolute Gasteiger partial charge is 0.492 e. The summed E-state index contributed by atoms with van der Waals surface area (Å²) >= 11 is 5.80. The highest BCUT2D eigenvalue weighted by atomic mass is 35.5. The summed E-state index contributed by atoms with van der Waals surface area (Å²) in [7, 11) is 1.62. The van der Waals surface area contributed by atoms with Gasteiger partial charge in [-0.15, -0.1) is 0 Å². The molecule has 0 saturated heterocycles. The minimum absolute atomic E-state index is 0.0633. The number of aryl methyl sites for hydroxylation is 1. The molecule has 126 valence electrons. The molecule has 2 aromatic rings. The van der Waals surface area contributed by atoms with Gasteiger partial charge in [-0.3, -0.25) is 14.9 Å². The van der Waals surface area contributed by atoms with Crippen molar-refractivity contribution in [2.45, 2.75) is 6.92 Å². The van der Waals surface area contributed by atoms with Crippen LogP contribution in [0.25, 0.3) is 0 Å². The van der Waals surface area contributed by atoms with Crippen molar-refractivity contribution in [3.05, 3.63) is 68.7 Å². The molecule has 0 aromatic heterocycles. The van der Waals surface area contributed by atoms with Crippen LogP contribution in [0.2, 0.25) is 5.02 Å². The quantitative estimate of drug-likeness (QED) is 0.589. The highest BCUT2D eigenvalue weighted by molar-refractivity contribution is 6.30. The molecule has 0 aliphatic rings. The van der Waals surface area contributed by atoms with Crippen LogP contribution in [-0.2, 0) is 0 Å². The lowest BCUT2D eigenvalue weighted by atomic mass is 10.1. The van der Waals surface area contributed by atoms with Crippen LogP contribution < -0.4 is 4.74 Å². The summed E-state index contributed by atoms with van der Waals surface area (Å²) in [6.07, 6.45) is 0. The summed E-state index contributed by atoms with van der Waals surface area (Å²) in [6, 6.07) is 11.4. The van der Waals surface area contributed by atoms with Gasteiger partial charge in [-0.2, -0.15) is 0 Å². The molecular weight excluding hydrogens is 332 g/mol. The Morgan fingerprint density at radius 1 is 1.25 bits per heavy atom. The zero-order valence-corrected chi connectivity index (χ0v) is 14.1. The average molecular weight is 349 g/mol. The van der Waals surface area contributed by atoms with Crippen LogP contribution >= 0.6 is 11.6 Å². The first kappa shape index (κ1) is 17.7. The van der Waals surface area contributed by atoms with Crippen molar-refractivity contribution in [2.24, 2.45) is 0 Å². The number of rotatable bonds is 6. The number of carbonyl (C=O) groups excluding carboxylic acids is 1. The lowest BCUT2D eigenvalue weighted by Gasteiger charge is -2.17. The van der Waals surface area contributed by atoms with Crippen molar-refractivity contribution in [3.8, 4) is 5.75 Å². The zero-order chi connectivity index (χ0) is 17.7. The van der Waals surface area contributed by atoms with Gasteiger partial charge in [0.25, 0.3) is 11.6 Å². The maximum Gasteiger partial charge on any atom is 0.273 e. The molecule has 2 aromatic carbocycles. The van der Waals surface area contributed by atoms with Gasteiger partial charge in [-0.05, 0) is 37.3 Å². The average Bonchev–Trinajstić information content (AvgIpc) is 2.56. The maximum absolute atomic E-state index is 12.3. The third-order valence-electron chi connectivity index (χ3n) is 3.51. The summed E-state index contributed by atoms with van der Waals surface area (Å²) in [5.41, 5.74) is 0.734. The first-order valence-corrected chi connectivity index (χ1v) is 7.65. The van der Waals surface area contributed by atoms with Crippen LogP contribution in [0.5, 0.6) is 5.75 Å². The van der Waals surface area contributed by atoms with E-state index in [9.17, 15) is 14.9 Å². The van der Waals surface area contributed by atoms with E-state index in [2.05, 4.69) is 0 Å². The van der Waals surface area contributed by atoms with Crippen molar-refractivity contribution in [1.82, 2.24) is 4.90 Å². The molecule has 1 amide bonds. The van der Waals surface area contributed by atoms with Gasteiger partial charge in [0.15, 0.2) is 0 Å². The molecule has 0 bridgehead atoms. The molecule has 7 heteroatoms. The van der Waals surface area contributed by atoms with Gasteiger partial charge in [-0.1, -0.05) is 17.7 Å². The molecule has 0 saturated carbocycles. The molecule has 0 aliphatic heterocycles.